The molecule has 0 bridgehead atoms. The van der Waals surface area contributed by atoms with E-state index in [0.717, 1.165) is 29.1 Å². The molecule has 0 unspecified atom stereocenters. The van der Waals surface area contributed by atoms with Crippen LogP contribution in [0.5, 0.6) is 0 Å². The lowest BCUT2D eigenvalue weighted by molar-refractivity contribution is -0.122. The van der Waals surface area contributed by atoms with E-state index in [0.29, 0.717) is 11.7 Å². The van der Waals surface area contributed by atoms with Crippen molar-refractivity contribution in [1.82, 2.24) is 10.2 Å². The molecule has 126 valence electrons. The third-order valence-electron chi connectivity index (χ3n) is 3.97. The van der Waals surface area contributed by atoms with Crippen LogP contribution in [-0.2, 0) is 16.0 Å². The Bertz CT molecular complexity index is 759. The van der Waals surface area contributed by atoms with Gasteiger partial charge in [-0.05, 0) is 31.0 Å². The second kappa shape index (κ2) is 7.09. The first kappa shape index (κ1) is 16.6. The quantitative estimate of drug-likeness (QED) is 0.905. The molecule has 7 heteroatoms. The maximum absolute atomic E-state index is 12.4. The predicted molar refractivity (Wildman–Crippen MR) is 94.2 cm³/mol. The SMILES string of the molecule is CCCc1nnc(NC(=O)[C@H]2CC(=O)N(c3cccc(C)c3)C2)s1. The number of carbonyl (C=O) groups is 2. The second-order valence-electron chi connectivity index (χ2n) is 5.98. The molecular formula is C17H20N4O2S. The maximum atomic E-state index is 12.4. The summed E-state index contributed by atoms with van der Waals surface area (Å²) in [6.45, 7) is 4.45. The number of benzene rings is 1. The van der Waals surface area contributed by atoms with Crippen molar-refractivity contribution in [3.8, 4) is 0 Å². The zero-order chi connectivity index (χ0) is 17.1. The minimum absolute atomic E-state index is 0.0234. The van der Waals surface area contributed by atoms with Crippen LogP contribution in [0.2, 0.25) is 0 Å². The molecule has 1 atom stereocenters. The number of nitrogens with zero attached hydrogens (tertiary/aromatic N) is 3. The van der Waals surface area contributed by atoms with Crippen molar-refractivity contribution in [2.75, 3.05) is 16.8 Å². The number of hydrogen-bond donors (Lipinski definition) is 1. The van der Waals surface area contributed by atoms with Gasteiger partial charge in [0.25, 0.3) is 0 Å². The fourth-order valence-corrected chi connectivity index (χ4v) is 3.60. The van der Waals surface area contributed by atoms with Crippen molar-refractivity contribution < 1.29 is 9.59 Å². The Balaban J connectivity index is 1.65. The van der Waals surface area contributed by atoms with Gasteiger partial charge in [0.1, 0.15) is 5.01 Å². The van der Waals surface area contributed by atoms with Gasteiger partial charge < -0.3 is 10.2 Å². The fourth-order valence-electron chi connectivity index (χ4n) is 2.76. The molecule has 1 saturated heterocycles. The normalized spacial score (nSPS) is 17.3. The Hall–Kier alpha value is -2.28. The number of aromatic nitrogens is 2. The average Bonchev–Trinajstić information content (AvgIpc) is 3.14. The van der Waals surface area contributed by atoms with E-state index in [9.17, 15) is 9.59 Å². The molecule has 1 aromatic carbocycles. The second-order valence-corrected chi connectivity index (χ2v) is 7.05. The molecule has 2 heterocycles. The van der Waals surface area contributed by atoms with E-state index in [2.05, 4.69) is 22.4 Å². The summed E-state index contributed by atoms with van der Waals surface area (Å²) < 4.78 is 0. The molecule has 1 N–H and O–H groups in total. The number of nitrogens with one attached hydrogen (secondary N) is 1. The summed E-state index contributed by atoms with van der Waals surface area (Å²) in [7, 11) is 0. The Morgan fingerprint density at radius 1 is 1.42 bits per heavy atom. The van der Waals surface area contributed by atoms with Gasteiger partial charge in [-0.2, -0.15) is 0 Å². The van der Waals surface area contributed by atoms with Gasteiger partial charge in [0, 0.05) is 25.1 Å². The van der Waals surface area contributed by atoms with Gasteiger partial charge in [-0.15, -0.1) is 10.2 Å². The monoisotopic (exact) mass is 344 g/mol. The van der Waals surface area contributed by atoms with Crippen molar-refractivity contribution in [3.63, 3.8) is 0 Å². The fraction of sp³-hybridized carbons (Fsp3) is 0.412. The Morgan fingerprint density at radius 2 is 2.25 bits per heavy atom. The van der Waals surface area contributed by atoms with Crippen LogP contribution in [0.1, 0.15) is 30.3 Å². The Morgan fingerprint density at radius 3 is 3.00 bits per heavy atom. The molecule has 24 heavy (non-hydrogen) atoms. The van der Waals surface area contributed by atoms with E-state index in [4.69, 9.17) is 0 Å². The van der Waals surface area contributed by atoms with Crippen LogP contribution < -0.4 is 10.2 Å². The van der Waals surface area contributed by atoms with E-state index in [1.165, 1.54) is 11.3 Å². The standard InChI is InChI=1S/C17H20N4O2S/c1-3-5-14-19-20-17(24-14)18-16(23)12-9-15(22)21(10-12)13-7-4-6-11(2)8-13/h4,6-8,12H,3,5,9-10H2,1-2H3,(H,18,20,23)/t12-/m0/s1. The van der Waals surface area contributed by atoms with Crippen LogP contribution in [0.25, 0.3) is 0 Å². The van der Waals surface area contributed by atoms with Crippen molar-refractivity contribution >= 4 is 34.0 Å². The van der Waals surface area contributed by atoms with Gasteiger partial charge >= 0.3 is 0 Å². The summed E-state index contributed by atoms with van der Waals surface area (Å²) in [5, 5.41) is 12.3. The molecule has 3 rings (SSSR count). The molecule has 0 saturated carbocycles. The molecule has 1 aromatic heterocycles. The van der Waals surface area contributed by atoms with Gasteiger partial charge in [-0.25, -0.2) is 0 Å². The van der Waals surface area contributed by atoms with Gasteiger partial charge in [0.05, 0.1) is 5.92 Å². The number of hydrogen-bond acceptors (Lipinski definition) is 5. The molecule has 0 aliphatic carbocycles. The predicted octanol–water partition coefficient (Wildman–Crippen LogP) is 2.79. The molecule has 1 aliphatic heterocycles. The minimum atomic E-state index is -0.364. The number of anilines is 2. The topological polar surface area (TPSA) is 75.2 Å². The van der Waals surface area contributed by atoms with Crippen molar-refractivity contribution in [2.24, 2.45) is 5.92 Å². The van der Waals surface area contributed by atoms with Gasteiger partial charge in [-0.3, -0.25) is 9.59 Å². The third-order valence-corrected chi connectivity index (χ3v) is 4.87. The molecular weight excluding hydrogens is 324 g/mol. The van der Waals surface area contributed by atoms with Crippen LogP contribution in [0.4, 0.5) is 10.8 Å². The Labute approximate surface area is 144 Å². The van der Waals surface area contributed by atoms with E-state index in [1.807, 2.05) is 31.2 Å². The molecule has 2 aromatic rings. The summed E-state index contributed by atoms with van der Waals surface area (Å²) >= 11 is 1.39. The van der Waals surface area contributed by atoms with Crippen molar-refractivity contribution in [2.45, 2.75) is 33.1 Å². The molecule has 2 amide bonds. The summed E-state index contributed by atoms with van der Waals surface area (Å²) in [5.74, 6) is -0.557. The maximum Gasteiger partial charge on any atom is 0.231 e. The van der Waals surface area contributed by atoms with Crippen molar-refractivity contribution in [1.29, 1.82) is 0 Å². The van der Waals surface area contributed by atoms with Gasteiger partial charge in [-0.1, -0.05) is 30.4 Å². The van der Waals surface area contributed by atoms with Crippen LogP contribution in [0.3, 0.4) is 0 Å². The van der Waals surface area contributed by atoms with Crippen molar-refractivity contribution in [3.05, 3.63) is 34.8 Å². The zero-order valence-electron chi connectivity index (χ0n) is 13.8. The summed E-state index contributed by atoms with van der Waals surface area (Å²) in [4.78, 5) is 26.4. The number of aryl methyl sites for hydroxylation is 2. The number of carbonyl (C=O) groups excluding carboxylic acids is 2. The van der Waals surface area contributed by atoms with Crippen LogP contribution in [0, 0.1) is 12.8 Å². The summed E-state index contributed by atoms with van der Waals surface area (Å²) in [6, 6.07) is 7.76. The molecule has 1 aliphatic rings. The van der Waals surface area contributed by atoms with Crippen LogP contribution >= 0.6 is 11.3 Å². The van der Waals surface area contributed by atoms with Crippen LogP contribution in [-0.4, -0.2) is 28.6 Å². The van der Waals surface area contributed by atoms with Gasteiger partial charge in [0.2, 0.25) is 16.9 Å². The molecule has 6 nitrogen and oxygen atoms in total. The molecule has 0 spiro atoms. The first-order valence-corrected chi connectivity index (χ1v) is 8.88. The summed E-state index contributed by atoms with van der Waals surface area (Å²) in [6.07, 6.45) is 2.07. The highest BCUT2D eigenvalue weighted by Gasteiger charge is 2.35. The van der Waals surface area contributed by atoms with E-state index >= 15 is 0 Å². The molecule has 1 fully saturated rings. The third kappa shape index (κ3) is 3.62. The largest absolute Gasteiger partial charge is 0.312 e. The first-order chi connectivity index (χ1) is 11.6. The average molecular weight is 344 g/mol. The zero-order valence-corrected chi connectivity index (χ0v) is 14.6. The Kier molecular flexibility index (Phi) is 4.89. The van der Waals surface area contributed by atoms with Gasteiger partial charge in [0.15, 0.2) is 0 Å². The highest BCUT2D eigenvalue weighted by molar-refractivity contribution is 7.15. The lowest BCUT2D eigenvalue weighted by Gasteiger charge is -2.17. The number of rotatable bonds is 5. The van der Waals surface area contributed by atoms with E-state index in [1.54, 1.807) is 4.90 Å². The van der Waals surface area contributed by atoms with E-state index < -0.39 is 0 Å². The number of amides is 2. The van der Waals surface area contributed by atoms with E-state index in [-0.39, 0.29) is 24.2 Å². The smallest absolute Gasteiger partial charge is 0.231 e. The lowest BCUT2D eigenvalue weighted by Crippen LogP contribution is -2.28. The summed E-state index contributed by atoms with van der Waals surface area (Å²) in [5.41, 5.74) is 1.93. The first-order valence-electron chi connectivity index (χ1n) is 8.07. The lowest BCUT2D eigenvalue weighted by atomic mass is 10.1. The molecule has 0 radical (unpaired) electrons. The minimum Gasteiger partial charge on any atom is -0.312 e. The highest BCUT2D eigenvalue weighted by atomic mass is 32.1. The van der Waals surface area contributed by atoms with Crippen LogP contribution in [0.15, 0.2) is 24.3 Å². The highest BCUT2D eigenvalue weighted by Crippen LogP contribution is 2.27.